The van der Waals surface area contributed by atoms with Gasteiger partial charge in [0.2, 0.25) is 11.8 Å². The number of anilines is 1. The molecule has 2 aliphatic rings. The molecule has 13 heteroatoms. The topological polar surface area (TPSA) is 99.0 Å². The fourth-order valence-electron chi connectivity index (χ4n) is 5.02. The van der Waals surface area contributed by atoms with Gasteiger partial charge in [-0.3, -0.25) is 4.85 Å². The van der Waals surface area contributed by atoms with Crippen LogP contribution in [-0.2, 0) is 11.3 Å². The van der Waals surface area contributed by atoms with Crippen LogP contribution >= 0.6 is 0 Å². The molecule has 2 aliphatic heterocycles. The minimum atomic E-state index is -1.20. The molecule has 0 bridgehead atoms. The largest absolute Gasteiger partial charge is 0.479 e. The predicted octanol–water partition coefficient (Wildman–Crippen LogP) is 2.59. The van der Waals surface area contributed by atoms with Gasteiger partial charge in [0.25, 0.3) is 0 Å². The number of methoxy groups -OCH3 is 1. The first-order valence-electron chi connectivity index (χ1n) is 12.0. The lowest BCUT2D eigenvalue weighted by Crippen LogP contribution is -2.64. The molecule has 2 saturated heterocycles. The average molecular weight is 510 g/mol. The van der Waals surface area contributed by atoms with E-state index in [1.54, 1.807) is 10.7 Å². The number of alkyl halides is 2. The first-order chi connectivity index (χ1) is 18.0. The molecule has 5 heterocycles. The first-order valence-corrected chi connectivity index (χ1v) is 12.0. The average Bonchev–Trinajstić information content (AvgIpc) is 3.49. The molecule has 11 nitrogen and oxygen atoms in total. The highest BCUT2D eigenvalue weighted by Crippen LogP contribution is 2.34. The van der Waals surface area contributed by atoms with Crippen molar-refractivity contribution in [1.29, 1.82) is 0 Å². The van der Waals surface area contributed by atoms with E-state index in [2.05, 4.69) is 30.6 Å². The van der Waals surface area contributed by atoms with E-state index in [4.69, 9.17) is 16.0 Å². The van der Waals surface area contributed by atoms with Gasteiger partial charge >= 0.3 is 5.66 Å². The molecule has 1 aromatic carbocycles. The Morgan fingerprint density at radius 3 is 2.89 bits per heavy atom. The highest BCUT2D eigenvalue weighted by atomic mass is 19.1. The summed E-state index contributed by atoms with van der Waals surface area (Å²) >= 11 is 0. The number of aryl methyl sites for hydroxylation is 1. The molecule has 37 heavy (non-hydrogen) atoms. The van der Waals surface area contributed by atoms with Gasteiger partial charge in [-0.05, 0) is 30.2 Å². The maximum absolute atomic E-state index is 15.1. The van der Waals surface area contributed by atoms with Crippen LogP contribution in [0.15, 0.2) is 30.5 Å². The van der Waals surface area contributed by atoms with Gasteiger partial charge < -0.3 is 14.8 Å². The second-order valence-electron chi connectivity index (χ2n) is 9.26. The molecule has 192 valence electrons. The van der Waals surface area contributed by atoms with Crippen molar-refractivity contribution >= 4 is 22.5 Å². The van der Waals surface area contributed by atoms with Crippen molar-refractivity contribution in [3.05, 3.63) is 41.9 Å². The summed E-state index contributed by atoms with van der Waals surface area (Å²) in [5.74, 6) is 0.583. The van der Waals surface area contributed by atoms with Crippen LogP contribution in [0.5, 0.6) is 5.88 Å². The third kappa shape index (κ3) is 3.93. The number of aromatic nitrogens is 6. The summed E-state index contributed by atoms with van der Waals surface area (Å²) < 4.78 is 42.1. The molecule has 1 N–H and O–H groups in total. The van der Waals surface area contributed by atoms with Crippen LogP contribution < -0.4 is 10.1 Å². The number of ether oxygens (including phenoxy) is 2. The zero-order chi connectivity index (χ0) is 25.6. The van der Waals surface area contributed by atoms with Crippen LogP contribution in [0.1, 0.15) is 6.42 Å². The summed E-state index contributed by atoms with van der Waals surface area (Å²) in [4.78, 5) is 10.1. The van der Waals surface area contributed by atoms with Gasteiger partial charge in [0.1, 0.15) is 37.1 Å². The van der Waals surface area contributed by atoms with E-state index in [-0.39, 0.29) is 19.0 Å². The number of nitrogens with zero attached hydrogens (tertiary/aromatic N) is 8. The maximum Gasteiger partial charge on any atom is 0.334 e. The van der Waals surface area contributed by atoms with Crippen molar-refractivity contribution in [2.24, 2.45) is 0 Å². The summed E-state index contributed by atoms with van der Waals surface area (Å²) in [5.41, 5.74) is 2.98. The lowest BCUT2D eigenvalue weighted by atomic mass is 9.97. The van der Waals surface area contributed by atoms with Gasteiger partial charge in [0.05, 0.1) is 25.2 Å². The number of nitrogens with one attached hydrogen (secondary N) is 1. The van der Waals surface area contributed by atoms with Gasteiger partial charge in [-0.1, -0.05) is 11.3 Å². The van der Waals surface area contributed by atoms with Gasteiger partial charge in [-0.25, -0.2) is 29.5 Å². The Hall–Kier alpha value is -3.89. The Morgan fingerprint density at radius 2 is 2.19 bits per heavy atom. The summed E-state index contributed by atoms with van der Waals surface area (Å²) in [5, 5.41) is 15.8. The zero-order valence-electron chi connectivity index (χ0n) is 20.1. The van der Waals surface area contributed by atoms with Crippen LogP contribution in [0, 0.1) is 6.57 Å². The standard InChI is InChI=1S/C24H25F2N9O2/c1-27-24(13-37-14-24)33-8-6-18(17(26)12-33)28-23-29-22(36-2)21-16(5-9-35(21)31-23)15-3-4-19-20(11-15)34(10-7-25)32-30-19/h3-5,9,11,17-18H,6-8,10,12-14H2,2H3,(H,28,31)/t17-,18+/m1/s1. The number of halogens is 2. The third-order valence-corrected chi connectivity index (χ3v) is 7.11. The minimum Gasteiger partial charge on any atom is -0.479 e. The van der Waals surface area contributed by atoms with Crippen LogP contribution in [0.25, 0.3) is 32.5 Å². The van der Waals surface area contributed by atoms with Crippen molar-refractivity contribution in [3.8, 4) is 17.0 Å². The molecule has 2 atom stereocenters. The van der Waals surface area contributed by atoms with Gasteiger partial charge in [0.15, 0.2) is 0 Å². The SMILES string of the molecule is [C-]#[N+]C1(N2CC[C@H](Nc3nc(OC)c4c(-c5ccc6nnn(CCF)c6c5)ccn4n3)[C@H](F)C2)COC1. The van der Waals surface area contributed by atoms with Crippen LogP contribution in [0.3, 0.4) is 0 Å². The lowest BCUT2D eigenvalue weighted by molar-refractivity contribution is -0.127. The number of likely N-dealkylation sites (tertiary alicyclic amines) is 1. The smallest absolute Gasteiger partial charge is 0.334 e. The summed E-state index contributed by atoms with van der Waals surface area (Å²) in [6, 6.07) is 7.03. The quantitative estimate of drug-likeness (QED) is 0.380. The molecule has 6 rings (SSSR count). The lowest BCUT2D eigenvalue weighted by Gasteiger charge is -2.43. The van der Waals surface area contributed by atoms with Crippen molar-refractivity contribution < 1.29 is 18.3 Å². The van der Waals surface area contributed by atoms with Gasteiger partial charge in [-0.2, -0.15) is 4.98 Å². The third-order valence-electron chi connectivity index (χ3n) is 7.11. The van der Waals surface area contributed by atoms with E-state index in [9.17, 15) is 4.39 Å². The number of hydrogen-bond donors (Lipinski definition) is 1. The van der Waals surface area contributed by atoms with E-state index in [1.807, 2.05) is 29.2 Å². The molecule has 3 aromatic heterocycles. The van der Waals surface area contributed by atoms with Gasteiger partial charge in [0, 0.05) is 24.8 Å². The number of piperidine rings is 1. The molecule has 2 fully saturated rings. The van der Waals surface area contributed by atoms with Crippen LogP contribution in [0.4, 0.5) is 14.7 Å². The molecule has 4 aromatic rings. The van der Waals surface area contributed by atoms with E-state index >= 15 is 4.39 Å². The van der Waals surface area contributed by atoms with Crippen molar-refractivity contribution in [1.82, 2.24) is 34.5 Å². The van der Waals surface area contributed by atoms with Crippen molar-refractivity contribution in [2.45, 2.75) is 30.8 Å². The Labute approximate surface area is 210 Å². The Balaban J connectivity index is 1.27. The molecular weight excluding hydrogens is 484 g/mol. The summed E-state index contributed by atoms with van der Waals surface area (Å²) in [6.45, 7) is 8.43. The molecular formula is C24H25F2N9O2. The van der Waals surface area contributed by atoms with E-state index in [0.29, 0.717) is 43.1 Å². The van der Waals surface area contributed by atoms with E-state index in [1.165, 1.54) is 11.8 Å². The number of benzene rings is 1. The normalized spacial score (nSPS) is 21.6. The number of hydrogen-bond acceptors (Lipinski definition) is 8. The molecule has 0 aliphatic carbocycles. The van der Waals surface area contributed by atoms with Crippen LogP contribution in [-0.4, -0.2) is 92.5 Å². The molecule has 0 saturated carbocycles. The van der Waals surface area contributed by atoms with Crippen LogP contribution in [0.2, 0.25) is 0 Å². The van der Waals surface area contributed by atoms with Crippen molar-refractivity contribution in [3.63, 3.8) is 0 Å². The Bertz CT molecular complexity index is 1490. The minimum absolute atomic E-state index is 0.124. The molecule has 0 radical (unpaired) electrons. The Kier molecular flexibility index (Phi) is 5.85. The fraction of sp³-hybridized carbons (Fsp3) is 0.458. The molecule has 0 unspecified atom stereocenters. The Morgan fingerprint density at radius 1 is 1.32 bits per heavy atom. The first kappa shape index (κ1) is 23.5. The summed E-state index contributed by atoms with van der Waals surface area (Å²) in [6.07, 6.45) is 1.08. The highest BCUT2D eigenvalue weighted by molar-refractivity contribution is 5.89. The maximum atomic E-state index is 15.1. The number of fused-ring (bicyclic) bond motifs is 2. The fourth-order valence-corrected chi connectivity index (χ4v) is 5.02. The van der Waals surface area contributed by atoms with Crippen molar-refractivity contribution in [2.75, 3.05) is 45.4 Å². The summed E-state index contributed by atoms with van der Waals surface area (Å²) in [7, 11) is 1.52. The second kappa shape index (κ2) is 9.20. The zero-order valence-corrected chi connectivity index (χ0v) is 20.1. The highest BCUT2D eigenvalue weighted by Gasteiger charge is 2.53. The van der Waals surface area contributed by atoms with E-state index < -0.39 is 24.6 Å². The van der Waals surface area contributed by atoms with Gasteiger partial charge in [-0.15, -0.1) is 10.2 Å². The second-order valence-corrected chi connectivity index (χ2v) is 9.26. The number of rotatable bonds is 7. The predicted molar refractivity (Wildman–Crippen MR) is 131 cm³/mol. The molecule has 0 amide bonds. The molecule has 0 spiro atoms. The monoisotopic (exact) mass is 509 g/mol. The van der Waals surface area contributed by atoms with E-state index in [0.717, 1.165) is 16.6 Å².